The fraction of sp³-hybridized carbons (Fsp3) is 0.421. The minimum absolute atomic E-state index is 0.0417. The van der Waals surface area contributed by atoms with Crippen LogP contribution in [0.5, 0.6) is 0 Å². The summed E-state index contributed by atoms with van der Waals surface area (Å²) in [6.07, 6.45) is 2.68. The first kappa shape index (κ1) is 19.5. The molecule has 7 heteroatoms. The fourth-order valence-electron chi connectivity index (χ4n) is 2.39. The number of benzene rings is 1. The maximum atomic E-state index is 12.3. The number of aryl methyl sites for hydroxylation is 1. The Kier molecular flexibility index (Phi) is 7.20. The summed E-state index contributed by atoms with van der Waals surface area (Å²) < 4.78 is 1.82. The molecular formula is C19H28N6O. The molecule has 1 amide bonds. The number of guanidine groups is 1. The molecule has 1 aromatic carbocycles. The number of nitrogens with one attached hydrogen (secondary N) is 3. The van der Waals surface area contributed by atoms with E-state index in [1.54, 1.807) is 13.2 Å². The molecule has 2 aromatic rings. The highest BCUT2D eigenvalue weighted by Crippen LogP contribution is 2.06. The summed E-state index contributed by atoms with van der Waals surface area (Å²) in [4.78, 5) is 16.5. The third-order valence-corrected chi connectivity index (χ3v) is 4.22. The van der Waals surface area contributed by atoms with E-state index in [2.05, 4.69) is 33.0 Å². The molecule has 0 spiro atoms. The Balaban J connectivity index is 1.90. The zero-order chi connectivity index (χ0) is 18.9. The molecule has 0 aliphatic heterocycles. The quantitative estimate of drug-likeness (QED) is 0.522. The van der Waals surface area contributed by atoms with Gasteiger partial charge in [0.05, 0.1) is 12.2 Å². The van der Waals surface area contributed by atoms with Gasteiger partial charge in [-0.1, -0.05) is 19.1 Å². The molecule has 1 unspecified atom stereocenters. The van der Waals surface area contributed by atoms with Crippen LogP contribution in [-0.2, 0) is 20.1 Å². The lowest BCUT2D eigenvalue weighted by Gasteiger charge is -2.14. The number of carbonyl (C=O) groups is 1. The van der Waals surface area contributed by atoms with E-state index in [-0.39, 0.29) is 11.9 Å². The monoisotopic (exact) mass is 356 g/mol. The first-order chi connectivity index (χ1) is 12.5. The Morgan fingerprint density at radius 2 is 2.04 bits per heavy atom. The summed E-state index contributed by atoms with van der Waals surface area (Å²) >= 11 is 0. The van der Waals surface area contributed by atoms with Crippen LogP contribution in [0.2, 0.25) is 0 Å². The van der Waals surface area contributed by atoms with Gasteiger partial charge in [0.2, 0.25) is 0 Å². The van der Waals surface area contributed by atoms with Crippen LogP contribution in [0.25, 0.3) is 0 Å². The Morgan fingerprint density at radius 1 is 1.27 bits per heavy atom. The van der Waals surface area contributed by atoms with Crippen molar-refractivity contribution in [1.29, 1.82) is 0 Å². The van der Waals surface area contributed by atoms with Crippen LogP contribution in [0.15, 0.2) is 41.5 Å². The summed E-state index contributed by atoms with van der Waals surface area (Å²) in [6.45, 7) is 5.26. The molecule has 1 heterocycles. The van der Waals surface area contributed by atoms with E-state index in [0.29, 0.717) is 24.6 Å². The maximum Gasteiger partial charge on any atom is 0.251 e. The number of amides is 1. The number of hydrogen-bond donors (Lipinski definition) is 3. The molecule has 1 atom stereocenters. The summed E-state index contributed by atoms with van der Waals surface area (Å²) in [7, 11) is 3.64. The molecule has 7 nitrogen and oxygen atoms in total. The molecule has 3 N–H and O–H groups in total. The molecular weight excluding hydrogens is 328 g/mol. The Labute approximate surface area is 154 Å². The van der Waals surface area contributed by atoms with Crippen molar-refractivity contribution in [2.24, 2.45) is 12.0 Å². The Bertz CT molecular complexity index is 752. The van der Waals surface area contributed by atoms with Crippen molar-refractivity contribution in [2.75, 3.05) is 7.05 Å². The third kappa shape index (κ3) is 5.61. The SMILES string of the molecule is CCC(C)NC(=O)c1cccc(CNC(=NC)NCc2ccnn2C)c1. The lowest BCUT2D eigenvalue weighted by atomic mass is 10.1. The highest BCUT2D eigenvalue weighted by Gasteiger charge is 2.09. The lowest BCUT2D eigenvalue weighted by molar-refractivity contribution is 0.0939. The molecule has 26 heavy (non-hydrogen) atoms. The number of nitrogens with zero attached hydrogens (tertiary/aromatic N) is 3. The normalized spacial score (nSPS) is 12.5. The van der Waals surface area contributed by atoms with Gasteiger partial charge < -0.3 is 16.0 Å². The van der Waals surface area contributed by atoms with E-state index in [1.807, 2.05) is 49.0 Å². The molecule has 0 radical (unpaired) electrons. The molecule has 0 aliphatic carbocycles. The van der Waals surface area contributed by atoms with E-state index in [0.717, 1.165) is 17.7 Å². The number of rotatable bonds is 7. The standard InChI is InChI=1S/C19H28N6O/c1-5-14(2)24-18(26)16-8-6-7-15(11-16)12-21-19(20-3)22-13-17-9-10-23-25(17)4/h6-11,14H,5,12-13H2,1-4H3,(H,24,26)(H2,20,21,22). The van der Waals surface area contributed by atoms with Gasteiger partial charge in [-0.05, 0) is 37.1 Å². The van der Waals surface area contributed by atoms with E-state index < -0.39 is 0 Å². The number of carbonyl (C=O) groups excluding carboxylic acids is 1. The number of aliphatic imine (C=N–C) groups is 1. The Hall–Kier alpha value is -2.83. The van der Waals surface area contributed by atoms with Crippen molar-refractivity contribution in [2.45, 2.75) is 39.4 Å². The van der Waals surface area contributed by atoms with Gasteiger partial charge in [-0.2, -0.15) is 5.10 Å². The van der Waals surface area contributed by atoms with Crippen molar-refractivity contribution in [3.05, 3.63) is 53.3 Å². The Morgan fingerprint density at radius 3 is 2.69 bits per heavy atom. The minimum atomic E-state index is -0.0417. The van der Waals surface area contributed by atoms with Crippen molar-refractivity contribution < 1.29 is 4.79 Å². The average molecular weight is 356 g/mol. The van der Waals surface area contributed by atoms with Gasteiger partial charge in [-0.25, -0.2) is 0 Å². The molecule has 140 valence electrons. The average Bonchev–Trinajstić information content (AvgIpc) is 3.07. The summed E-state index contributed by atoms with van der Waals surface area (Å²) in [5.41, 5.74) is 2.75. The van der Waals surface area contributed by atoms with E-state index >= 15 is 0 Å². The number of aromatic nitrogens is 2. The van der Waals surface area contributed by atoms with Crippen molar-refractivity contribution in [3.8, 4) is 0 Å². The zero-order valence-electron chi connectivity index (χ0n) is 15.9. The summed E-state index contributed by atoms with van der Waals surface area (Å²) in [5.74, 6) is 0.653. The smallest absolute Gasteiger partial charge is 0.251 e. The fourth-order valence-corrected chi connectivity index (χ4v) is 2.39. The predicted molar refractivity (Wildman–Crippen MR) is 104 cm³/mol. The third-order valence-electron chi connectivity index (χ3n) is 4.22. The van der Waals surface area contributed by atoms with Crippen LogP contribution < -0.4 is 16.0 Å². The molecule has 0 saturated heterocycles. The largest absolute Gasteiger partial charge is 0.352 e. The highest BCUT2D eigenvalue weighted by molar-refractivity contribution is 5.94. The minimum Gasteiger partial charge on any atom is -0.352 e. The van der Waals surface area contributed by atoms with Crippen LogP contribution in [0, 0.1) is 0 Å². The van der Waals surface area contributed by atoms with Gasteiger partial charge in [-0.3, -0.25) is 14.5 Å². The van der Waals surface area contributed by atoms with Crippen LogP contribution in [0.3, 0.4) is 0 Å². The molecule has 0 aliphatic rings. The van der Waals surface area contributed by atoms with Crippen molar-refractivity contribution in [1.82, 2.24) is 25.7 Å². The van der Waals surface area contributed by atoms with Crippen molar-refractivity contribution in [3.63, 3.8) is 0 Å². The second kappa shape index (κ2) is 9.60. The maximum absolute atomic E-state index is 12.3. The first-order valence-electron chi connectivity index (χ1n) is 8.84. The van der Waals surface area contributed by atoms with Gasteiger partial charge >= 0.3 is 0 Å². The van der Waals surface area contributed by atoms with Crippen LogP contribution >= 0.6 is 0 Å². The topological polar surface area (TPSA) is 83.3 Å². The highest BCUT2D eigenvalue weighted by atomic mass is 16.1. The molecule has 0 saturated carbocycles. The first-order valence-corrected chi connectivity index (χ1v) is 8.84. The predicted octanol–water partition coefficient (Wildman–Crippen LogP) is 1.81. The van der Waals surface area contributed by atoms with Gasteiger partial charge in [0.25, 0.3) is 5.91 Å². The van der Waals surface area contributed by atoms with Crippen LogP contribution in [0.4, 0.5) is 0 Å². The van der Waals surface area contributed by atoms with Gasteiger partial charge in [0.15, 0.2) is 5.96 Å². The van der Waals surface area contributed by atoms with E-state index in [9.17, 15) is 4.79 Å². The van der Waals surface area contributed by atoms with E-state index in [1.165, 1.54) is 0 Å². The zero-order valence-corrected chi connectivity index (χ0v) is 15.9. The number of hydrogen-bond acceptors (Lipinski definition) is 3. The second-order valence-corrected chi connectivity index (χ2v) is 6.21. The van der Waals surface area contributed by atoms with Gasteiger partial charge in [0.1, 0.15) is 0 Å². The molecule has 1 aromatic heterocycles. The lowest BCUT2D eigenvalue weighted by Crippen LogP contribution is -2.36. The van der Waals surface area contributed by atoms with Crippen molar-refractivity contribution >= 4 is 11.9 Å². The molecule has 0 fully saturated rings. The van der Waals surface area contributed by atoms with Crippen LogP contribution in [0.1, 0.15) is 41.9 Å². The van der Waals surface area contributed by atoms with Crippen LogP contribution in [-0.4, -0.2) is 34.7 Å². The van der Waals surface area contributed by atoms with Gasteiger partial charge in [0, 0.05) is 38.4 Å². The molecule has 0 bridgehead atoms. The second-order valence-electron chi connectivity index (χ2n) is 6.21. The van der Waals surface area contributed by atoms with Gasteiger partial charge in [-0.15, -0.1) is 0 Å². The summed E-state index contributed by atoms with van der Waals surface area (Å²) in [5, 5.41) is 13.6. The molecule has 2 rings (SSSR count). The van der Waals surface area contributed by atoms with E-state index in [4.69, 9.17) is 0 Å². The summed E-state index contributed by atoms with van der Waals surface area (Å²) in [6, 6.07) is 9.74.